The number of aryl methyl sites for hydroxylation is 1. The average Bonchev–Trinajstić information content (AvgIpc) is 3.28. The van der Waals surface area contributed by atoms with Crippen molar-refractivity contribution >= 4 is 11.6 Å². The van der Waals surface area contributed by atoms with Gasteiger partial charge >= 0.3 is 0 Å². The highest BCUT2D eigenvalue weighted by Gasteiger charge is 2.21. The van der Waals surface area contributed by atoms with E-state index in [1.807, 2.05) is 48.1 Å². The Balaban J connectivity index is 1.47. The molecule has 1 saturated carbocycles. The van der Waals surface area contributed by atoms with E-state index in [1.165, 1.54) is 0 Å². The summed E-state index contributed by atoms with van der Waals surface area (Å²) in [5.41, 5.74) is 4.12. The smallest absolute Gasteiger partial charge is 0.227 e. The van der Waals surface area contributed by atoms with Crippen LogP contribution in [-0.2, 0) is 0 Å². The molecule has 1 unspecified atom stereocenters. The fraction of sp³-hybridized carbons (Fsp3) is 0.391. The van der Waals surface area contributed by atoms with Crippen LogP contribution in [0.3, 0.4) is 0 Å². The minimum absolute atomic E-state index is 0.0717. The summed E-state index contributed by atoms with van der Waals surface area (Å²) in [6, 6.07) is 9.66. The first-order valence-electron chi connectivity index (χ1n) is 10.7. The Bertz CT molecular complexity index is 1080. The predicted octanol–water partition coefficient (Wildman–Crippen LogP) is 2.97. The number of aliphatic hydroxyl groups excluding tert-OH is 2. The molecule has 0 amide bonds. The molecule has 0 aliphatic heterocycles. The molecule has 2 heterocycles. The zero-order chi connectivity index (χ0) is 22.5. The van der Waals surface area contributed by atoms with Gasteiger partial charge in [-0.25, -0.2) is 9.97 Å². The van der Waals surface area contributed by atoms with Crippen LogP contribution >= 0.6 is 0 Å². The molecule has 2 aromatic heterocycles. The van der Waals surface area contributed by atoms with E-state index in [0.717, 1.165) is 48.2 Å². The normalized spacial score (nSPS) is 19.3. The largest absolute Gasteiger partial charge is 0.393 e. The third-order valence-electron chi connectivity index (χ3n) is 5.74. The number of nitriles is 1. The van der Waals surface area contributed by atoms with Crippen LogP contribution < -0.4 is 10.6 Å². The van der Waals surface area contributed by atoms with Gasteiger partial charge in [0.1, 0.15) is 6.23 Å². The van der Waals surface area contributed by atoms with Gasteiger partial charge in [0.15, 0.2) is 0 Å². The highest BCUT2D eigenvalue weighted by atomic mass is 16.3. The Morgan fingerprint density at radius 1 is 1.19 bits per heavy atom. The van der Waals surface area contributed by atoms with Crippen molar-refractivity contribution in [2.24, 2.45) is 0 Å². The van der Waals surface area contributed by atoms with Crippen molar-refractivity contribution in [1.29, 1.82) is 5.26 Å². The van der Waals surface area contributed by atoms with E-state index in [0.29, 0.717) is 17.6 Å². The van der Waals surface area contributed by atoms with Gasteiger partial charge in [0.25, 0.3) is 0 Å². The molecule has 1 aliphatic carbocycles. The van der Waals surface area contributed by atoms with Gasteiger partial charge in [0.05, 0.1) is 42.3 Å². The van der Waals surface area contributed by atoms with Gasteiger partial charge in [-0.15, -0.1) is 0 Å². The van der Waals surface area contributed by atoms with Gasteiger partial charge in [-0.3, -0.25) is 10.00 Å². The van der Waals surface area contributed by atoms with Gasteiger partial charge in [-0.05, 0) is 43.7 Å². The lowest BCUT2D eigenvalue weighted by Gasteiger charge is -2.25. The van der Waals surface area contributed by atoms with Crippen LogP contribution in [0.5, 0.6) is 0 Å². The maximum absolute atomic E-state index is 10.1. The Kier molecular flexibility index (Phi) is 6.75. The van der Waals surface area contributed by atoms with Crippen molar-refractivity contribution in [2.75, 3.05) is 11.9 Å². The number of rotatable bonds is 7. The van der Waals surface area contributed by atoms with Crippen LogP contribution in [0.1, 0.15) is 49.1 Å². The van der Waals surface area contributed by atoms with Gasteiger partial charge in [-0.2, -0.15) is 10.4 Å². The van der Waals surface area contributed by atoms with Crippen LogP contribution in [0.25, 0.3) is 11.3 Å². The summed E-state index contributed by atoms with van der Waals surface area (Å²) in [6.45, 7) is 2.02. The highest BCUT2D eigenvalue weighted by Crippen LogP contribution is 2.29. The lowest BCUT2D eigenvalue weighted by molar-refractivity contribution is 0.108. The summed E-state index contributed by atoms with van der Waals surface area (Å²) >= 11 is 0. The molecular weight excluding hydrogens is 406 g/mol. The summed E-state index contributed by atoms with van der Waals surface area (Å²) < 4.78 is 1.95. The monoisotopic (exact) mass is 433 g/mol. The standard InChI is InChI=1S/C23H27N7O2/c1-15-12-26-23(28-18-13-27-30(14-18)19-6-8-20(31)9-7-19)29-21(15)16-2-4-17(5-3-16)22(32)25-11-10-24/h2-5,12-14,19-20,22,25,31-32H,6-9,11H2,1H3,(H,26,28,29). The Hall–Kier alpha value is -3.32. The number of hydrogen-bond donors (Lipinski definition) is 4. The third-order valence-corrected chi connectivity index (χ3v) is 5.74. The van der Waals surface area contributed by atoms with Crippen molar-refractivity contribution in [1.82, 2.24) is 25.1 Å². The van der Waals surface area contributed by atoms with Crippen LogP contribution in [0.15, 0.2) is 42.9 Å². The first-order chi connectivity index (χ1) is 15.5. The van der Waals surface area contributed by atoms with Crippen LogP contribution in [0.2, 0.25) is 0 Å². The van der Waals surface area contributed by atoms with Crippen LogP contribution in [0, 0.1) is 18.3 Å². The lowest BCUT2D eigenvalue weighted by Crippen LogP contribution is -2.21. The van der Waals surface area contributed by atoms with E-state index >= 15 is 0 Å². The molecule has 0 bridgehead atoms. The molecule has 0 saturated heterocycles. The molecule has 1 fully saturated rings. The van der Waals surface area contributed by atoms with Gasteiger partial charge in [0.2, 0.25) is 5.95 Å². The minimum Gasteiger partial charge on any atom is -0.393 e. The first kappa shape index (κ1) is 21.9. The van der Waals surface area contributed by atoms with Crippen LogP contribution in [-0.4, -0.2) is 42.6 Å². The summed E-state index contributed by atoms with van der Waals surface area (Å²) in [5, 5.41) is 38.8. The second-order valence-corrected chi connectivity index (χ2v) is 8.09. The van der Waals surface area contributed by atoms with Crippen LogP contribution in [0.4, 0.5) is 11.6 Å². The van der Waals surface area contributed by atoms with Crippen molar-refractivity contribution < 1.29 is 10.2 Å². The van der Waals surface area contributed by atoms with Crippen molar-refractivity contribution in [3.63, 3.8) is 0 Å². The van der Waals surface area contributed by atoms with Gasteiger partial charge in [0, 0.05) is 18.0 Å². The molecule has 4 rings (SSSR count). The lowest BCUT2D eigenvalue weighted by atomic mass is 9.93. The topological polar surface area (TPSA) is 132 Å². The van der Waals surface area contributed by atoms with E-state index in [1.54, 1.807) is 12.4 Å². The van der Waals surface area contributed by atoms with Gasteiger partial charge < -0.3 is 15.5 Å². The van der Waals surface area contributed by atoms with Crippen molar-refractivity contribution in [3.05, 3.63) is 54.0 Å². The van der Waals surface area contributed by atoms with E-state index in [9.17, 15) is 10.2 Å². The number of benzene rings is 1. The molecule has 32 heavy (non-hydrogen) atoms. The van der Waals surface area contributed by atoms with E-state index in [2.05, 4.69) is 25.7 Å². The predicted molar refractivity (Wildman–Crippen MR) is 120 cm³/mol. The molecule has 0 radical (unpaired) electrons. The van der Waals surface area contributed by atoms with Crippen molar-refractivity contribution in [2.45, 2.75) is 51.0 Å². The molecule has 0 spiro atoms. The molecule has 4 N–H and O–H groups in total. The Morgan fingerprint density at radius 2 is 1.94 bits per heavy atom. The molecule has 1 aliphatic rings. The zero-order valence-electron chi connectivity index (χ0n) is 17.9. The second-order valence-electron chi connectivity index (χ2n) is 8.09. The molecule has 9 nitrogen and oxygen atoms in total. The number of anilines is 2. The summed E-state index contributed by atoms with van der Waals surface area (Å²) in [4.78, 5) is 9.08. The number of aliphatic hydroxyl groups is 2. The number of aromatic nitrogens is 4. The fourth-order valence-corrected chi connectivity index (χ4v) is 3.93. The molecule has 1 atom stereocenters. The highest BCUT2D eigenvalue weighted by molar-refractivity contribution is 5.65. The Labute approximate surface area is 186 Å². The van der Waals surface area contributed by atoms with Crippen molar-refractivity contribution in [3.8, 4) is 17.3 Å². The number of nitrogens with zero attached hydrogens (tertiary/aromatic N) is 5. The average molecular weight is 434 g/mol. The fourth-order valence-electron chi connectivity index (χ4n) is 3.93. The molecule has 3 aromatic rings. The zero-order valence-corrected chi connectivity index (χ0v) is 17.9. The Morgan fingerprint density at radius 3 is 2.66 bits per heavy atom. The molecule has 9 heteroatoms. The quantitative estimate of drug-likeness (QED) is 0.330. The third kappa shape index (κ3) is 5.11. The molecule has 166 valence electrons. The molecule has 1 aromatic carbocycles. The summed E-state index contributed by atoms with van der Waals surface area (Å²) in [7, 11) is 0. The van der Waals surface area contributed by atoms with E-state index < -0.39 is 6.23 Å². The minimum atomic E-state index is -0.892. The second kappa shape index (κ2) is 9.87. The number of nitrogens with one attached hydrogen (secondary N) is 2. The maximum Gasteiger partial charge on any atom is 0.227 e. The number of hydrogen-bond acceptors (Lipinski definition) is 8. The SMILES string of the molecule is Cc1cnc(Nc2cnn(C3CCC(O)CC3)c2)nc1-c1ccc(C(O)NCC#N)cc1. The summed E-state index contributed by atoms with van der Waals surface area (Å²) in [6.07, 6.45) is 7.86. The maximum atomic E-state index is 10.1. The first-order valence-corrected chi connectivity index (χ1v) is 10.7. The molecular formula is C23H27N7O2. The van der Waals surface area contributed by atoms with Gasteiger partial charge in [-0.1, -0.05) is 24.3 Å². The van der Waals surface area contributed by atoms with E-state index in [4.69, 9.17) is 5.26 Å². The van der Waals surface area contributed by atoms with E-state index in [-0.39, 0.29) is 12.6 Å². The summed E-state index contributed by atoms with van der Waals surface area (Å²) in [5.74, 6) is 0.476.